The lowest BCUT2D eigenvalue weighted by molar-refractivity contribution is -0.0435. The van der Waals surface area contributed by atoms with E-state index in [0.717, 1.165) is 0 Å². The molecule has 1 N–H and O–H groups in total. The van der Waals surface area contributed by atoms with E-state index in [4.69, 9.17) is 23.7 Å². The van der Waals surface area contributed by atoms with Gasteiger partial charge in [0.25, 0.3) is 0 Å². The molecule has 0 saturated heterocycles. The summed E-state index contributed by atoms with van der Waals surface area (Å²) in [4.78, 5) is 24.3. The van der Waals surface area contributed by atoms with Crippen molar-refractivity contribution >= 4 is 11.9 Å². The van der Waals surface area contributed by atoms with Crippen molar-refractivity contribution in [3.05, 3.63) is 59.7 Å². The first-order chi connectivity index (χ1) is 14.5. The molecule has 0 heterocycles. The Morgan fingerprint density at radius 1 is 0.800 bits per heavy atom. The highest BCUT2D eigenvalue weighted by Gasteiger charge is 2.17. The summed E-state index contributed by atoms with van der Waals surface area (Å²) in [6.45, 7) is 1.32. The molecule has 8 nitrogen and oxygen atoms in total. The first kappa shape index (κ1) is 23.2. The van der Waals surface area contributed by atoms with Gasteiger partial charge in [-0.2, -0.15) is 0 Å². The minimum Gasteiger partial charge on any atom is -0.497 e. The van der Waals surface area contributed by atoms with Crippen molar-refractivity contribution < 1.29 is 38.4 Å². The number of ether oxygens (including phenoxy) is 5. The third-order valence-electron chi connectivity index (χ3n) is 4.09. The van der Waals surface area contributed by atoms with Gasteiger partial charge in [-0.25, -0.2) is 9.59 Å². The first-order valence-corrected chi connectivity index (χ1v) is 9.35. The molecule has 0 aliphatic rings. The summed E-state index contributed by atoms with van der Waals surface area (Å²) in [7, 11) is 3.07. The Balaban J connectivity index is 1.75. The number of rotatable bonds is 11. The molecule has 2 unspecified atom stereocenters. The Hall–Kier alpha value is -3.10. The minimum absolute atomic E-state index is 0.0389. The second-order valence-corrected chi connectivity index (χ2v) is 6.42. The molecule has 2 aromatic carbocycles. The molecule has 0 radical (unpaired) electrons. The molecule has 2 rings (SSSR count). The van der Waals surface area contributed by atoms with Crippen LogP contribution in [0.15, 0.2) is 48.5 Å². The molecule has 162 valence electrons. The molecule has 8 heteroatoms. The molecule has 2 aromatic rings. The van der Waals surface area contributed by atoms with E-state index in [9.17, 15) is 14.7 Å². The fourth-order valence-electron chi connectivity index (χ4n) is 2.45. The number of aliphatic hydroxyl groups is 1. The summed E-state index contributed by atoms with van der Waals surface area (Å²) >= 11 is 0. The second kappa shape index (κ2) is 11.8. The highest BCUT2D eigenvalue weighted by atomic mass is 16.6. The monoisotopic (exact) mass is 418 g/mol. The van der Waals surface area contributed by atoms with Crippen molar-refractivity contribution in [2.45, 2.75) is 19.1 Å². The van der Waals surface area contributed by atoms with Crippen LogP contribution in [0.3, 0.4) is 0 Å². The third-order valence-corrected chi connectivity index (χ3v) is 4.09. The van der Waals surface area contributed by atoms with Crippen molar-refractivity contribution in [3.63, 3.8) is 0 Å². The smallest absolute Gasteiger partial charge is 0.338 e. The maximum atomic E-state index is 12.2. The summed E-state index contributed by atoms with van der Waals surface area (Å²) < 4.78 is 26.1. The molecule has 0 spiro atoms. The van der Waals surface area contributed by atoms with Gasteiger partial charge in [0.1, 0.15) is 23.7 Å². The number of aliphatic hydroxyl groups excluding tert-OH is 1. The summed E-state index contributed by atoms with van der Waals surface area (Å²) in [6, 6.07) is 13.0. The van der Waals surface area contributed by atoms with E-state index < -0.39 is 30.8 Å². The van der Waals surface area contributed by atoms with Gasteiger partial charge >= 0.3 is 11.9 Å². The average molecular weight is 418 g/mol. The maximum Gasteiger partial charge on any atom is 0.338 e. The van der Waals surface area contributed by atoms with E-state index in [1.54, 1.807) is 62.6 Å². The second-order valence-electron chi connectivity index (χ2n) is 6.42. The van der Waals surface area contributed by atoms with Crippen LogP contribution in [0.5, 0.6) is 11.5 Å². The normalized spacial score (nSPS) is 12.5. The van der Waals surface area contributed by atoms with Gasteiger partial charge in [-0.1, -0.05) is 0 Å². The summed E-state index contributed by atoms with van der Waals surface area (Å²) in [5.74, 6) is 0.187. The van der Waals surface area contributed by atoms with Gasteiger partial charge in [0.2, 0.25) is 0 Å². The van der Waals surface area contributed by atoms with E-state index in [2.05, 4.69) is 0 Å². The van der Waals surface area contributed by atoms with Gasteiger partial charge in [0.15, 0.2) is 0 Å². The molecule has 0 aliphatic carbocycles. The van der Waals surface area contributed by atoms with Gasteiger partial charge in [-0.05, 0) is 55.5 Å². The zero-order chi connectivity index (χ0) is 21.9. The van der Waals surface area contributed by atoms with Crippen molar-refractivity contribution in [2.75, 3.05) is 34.0 Å². The Labute approximate surface area is 175 Å². The summed E-state index contributed by atoms with van der Waals surface area (Å²) in [5, 5.41) is 9.43. The van der Waals surface area contributed by atoms with Crippen molar-refractivity contribution in [3.8, 4) is 11.5 Å². The average Bonchev–Trinajstić information content (AvgIpc) is 2.78. The van der Waals surface area contributed by atoms with Gasteiger partial charge in [0.05, 0.1) is 45.2 Å². The Kier molecular flexibility index (Phi) is 9.11. The summed E-state index contributed by atoms with van der Waals surface area (Å²) in [5.41, 5.74) is 0.723. The van der Waals surface area contributed by atoms with Crippen LogP contribution in [0.25, 0.3) is 0 Å². The Morgan fingerprint density at radius 3 is 1.70 bits per heavy atom. The van der Waals surface area contributed by atoms with Crippen LogP contribution >= 0.6 is 0 Å². The lowest BCUT2D eigenvalue weighted by Crippen LogP contribution is -2.29. The molecule has 0 aliphatic heterocycles. The van der Waals surface area contributed by atoms with Crippen LogP contribution in [0.4, 0.5) is 0 Å². The van der Waals surface area contributed by atoms with E-state index in [0.29, 0.717) is 22.6 Å². The lowest BCUT2D eigenvalue weighted by Gasteiger charge is -2.18. The van der Waals surface area contributed by atoms with Crippen LogP contribution in [-0.2, 0) is 14.2 Å². The van der Waals surface area contributed by atoms with Crippen LogP contribution in [-0.4, -0.2) is 63.3 Å². The molecule has 0 aromatic heterocycles. The SMILES string of the molecule is COc1ccc(C(=O)OC(C)COCC(CO)OC(=O)c2ccc(OC)cc2)cc1. The molecule has 0 saturated carbocycles. The highest BCUT2D eigenvalue weighted by Crippen LogP contribution is 2.14. The van der Waals surface area contributed by atoms with E-state index in [1.807, 2.05) is 0 Å². The number of esters is 2. The van der Waals surface area contributed by atoms with Gasteiger partial charge in [0, 0.05) is 0 Å². The van der Waals surface area contributed by atoms with E-state index in [1.165, 1.54) is 7.11 Å². The largest absolute Gasteiger partial charge is 0.497 e. The fourth-order valence-corrected chi connectivity index (χ4v) is 2.45. The number of hydrogen-bond donors (Lipinski definition) is 1. The van der Waals surface area contributed by atoms with Crippen LogP contribution in [0.2, 0.25) is 0 Å². The van der Waals surface area contributed by atoms with Crippen LogP contribution in [0, 0.1) is 0 Å². The fraction of sp³-hybridized carbons (Fsp3) is 0.364. The zero-order valence-corrected chi connectivity index (χ0v) is 17.2. The molecule has 0 fully saturated rings. The predicted octanol–water partition coefficient (Wildman–Crippen LogP) is 2.48. The molecule has 30 heavy (non-hydrogen) atoms. The number of carbonyl (C=O) groups is 2. The number of methoxy groups -OCH3 is 2. The lowest BCUT2D eigenvalue weighted by atomic mass is 10.2. The molecular formula is C22H26O8. The maximum absolute atomic E-state index is 12.2. The van der Waals surface area contributed by atoms with Crippen LogP contribution in [0.1, 0.15) is 27.6 Å². The molecule has 0 bridgehead atoms. The van der Waals surface area contributed by atoms with Crippen molar-refractivity contribution in [1.29, 1.82) is 0 Å². The zero-order valence-electron chi connectivity index (χ0n) is 17.2. The highest BCUT2D eigenvalue weighted by molar-refractivity contribution is 5.90. The number of carbonyl (C=O) groups excluding carboxylic acids is 2. The van der Waals surface area contributed by atoms with Gasteiger partial charge in [-0.3, -0.25) is 0 Å². The third kappa shape index (κ3) is 7.06. The minimum atomic E-state index is -0.843. The standard InChI is InChI=1S/C22H26O8/c1-15(29-21(24)16-4-8-18(26-2)9-5-16)13-28-14-20(12-23)30-22(25)17-6-10-19(27-3)11-7-17/h4-11,15,20,23H,12-14H2,1-3H3. The number of benzene rings is 2. The Morgan fingerprint density at radius 2 is 1.27 bits per heavy atom. The Bertz CT molecular complexity index is 801. The summed E-state index contributed by atoms with van der Waals surface area (Å²) in [6.07, 6.45) is -1.37. The molecular weight excluding hydrogens is 392 g/mol. The van der Waals surface area contributed by atoms with Crippen molar-refractivity contribution in [1.82, 2.24) is 0 Å². The topological polar surface area (TPSA) is 101 Å². The molecule has 2 atom stereocenters. The predicted molar refractivity (Wildman–Crippen MR) is 108 cm³/mol. The first-order valence-electron chi connectivity index (χ1n) is 9.35. The van der Waals surface area contributed by atoms with Crippen molar-refractivity contribution in [2.24, 2.45) is 0 Å². The van der Waals surface area contributed by atoms with Crippen LogP contribution < -0.4 is 9.47 Å². The molecule has 0 amide bonds. The van der Waals surface area contributed by atoms with Gasteiger partial charge < -0.3 is 28.8 Å². The van der Waals surface area contributed by atoms with E-state index >= 15 is 0 Å². The quantitative estimate of drug-likeness (QED) is 0.556. The van der Waals surface area contributed by atoms with Gasteiger partial charge in [-0.15, -0.1) is 0 Å². The van der Waals surface area contributed by atoms with E-state index in [-0.39, 0.29) is 13.2 Å². The number of hydrogen-bond acceptors (Lipinski definition) is 8.